The highest BCUT2D eigenvalue weighted by Gasteiger charge is 2.27. The van der Waals surface area contributed by atoms with E-state index < -0.39 is 0 Å². The van der Waals surface area contributed by atoms with Gasteiger partial charge in [-0.25, -0.2) is 9.97 Å². The van der Waals surface area contributed by atoms with Crippen LogP contribution in [0.5, 0.6) is 5.75 Å². The number of hydrogen-bond donors (Lipinski definition) is 0. The minimum Gasteiger partial charge on any atom is -0.493 e. The van der Waals surface area contributed by atoms with Gasteiger partial charge >= 0.3 is 5.97 Å². The fourth-order valence-electron chi connectivity index (χ4n) is 2.96. The molecule has 1 fully saturated rings. The second-order valence-electron chi connectivity index (χ2n) is 5.96. The number of aromatic nitrogens is 2. The van der Waals surface area contributed by atoms with Crippen molar-refractivity contribution in [2.45, 2.75) is 26.4 Å². The zero-order valence-electron chi connectivity index (χ0n) is 14.4. The van der Waals surface area contributed by atoms with E-state index in [4.69, 9.17) is 9.47 Å². The SMILES string of the molecule is CCOc1ccccc1COC(=O)C1CCN(c2ncccn2)CC1. The summed E-state index contributed by atoms with van der Waals surface area (Å²) in [4.78, 5) is 23.0. The molecule has 3 rings (SSSR count). The van der Waals surface area contributed by atoms with Gasteiger partial charge in [0.1, 0.15) is 12.4 Å². The van der Waals surface area contributed by atoms with Crippen LogP contribution in [0.25, 0.3) is 0 Å². The van der Waals surface area contributed by atoms with Gasteiger partial charge < -0.3 is 14.4 Å². The number of esters is 1. The lowest BCUT2D eigenvalue weighted by atomic mass is 9.97. The molecule has 1 aliphatic rings. The van der Waals surface area contributed by atoms with Crippen LogP contribution in [0.2, 0.25) is 0 Å². The van der Waals surface area contributed by atoms with E-state index in [-0.39, 0.29) is 18.5 Å². The number of para-hydroxylation sites is 1. The summed E-state index contributed by atoms with van der Waals surface area (Å²) >= 11 is 0. The van der Waals surface area contributed by atoms with Crippen molar-refractivity contribution in [3.05, 3.63) is 48.3 Å². The van der Waals surface area contributed by atoms with Gasteiger partial charge in [0.2, 0.25) is 5.95 Å². The Morgan fingerprint density at radius 2 is 1.88 bits per heavy atom. The maximum absolute atomic E-state index is 12.4. The van der Waals surface area contributed by atoms with Crippen molar-refractivity contribution in [2.75, 3.05) is 24.6 Å². The number of benzene rings is 1. The van der Waals surface area contributed by atoms with Crippen LogP contribution in [0, 0.1) is 5.92 Å². The second kappa shape index (κ2) is 8.46. The highest BCUT2D eigenvalue weighted by Crippen LogP contribution is 2.23. The molecule has 6 heteroatoms. The van der Waals surface area contributed by atoms with Crippen LogP contribution in [0.3, 0.4) is 0 Å². The molecular formula is C19H23N3O3. The van der Waals surface area contributed by atoms with Crippen LogP contribution in [-0.4, -0.2) is 35.6 Å². The van der Waals surface area contributed by atoms with Crippen molar-refractivity contribution in [1.82, 2.24) is 9.97 Å². The second-order valence-corrected chi connectivity index (χ2v) is 5.96. The molecule has 0 atom stereocenters. The van der Waals surface area contributed by atoms with E-state index in [1.165, 1.54) is 0 Å². The van der Waals surface area contributed by atoms with Gasteiger partial charge in [-0.3, -0.25) is 4.79 Å². The molecule has 0 amide bonds. The van der Waals surface area contributed by atoms with E-state index in [1.54, 1.807) is 18.5 Å². The summed E-state index contributed by atoms with van der Waals surface area (Å²) in [5.41, 5.74) is 0.896. The molecule has 2 heterocycles. The quantitative estimate of drug-likeness (QED) is 0.753. The van der Waals surface area contributed by atoms with Crippen LogP contribution in [0.4, 0.5) is 5.95 Å². The van der Waals surface area contributed by atoms with E-state index in [1.807, 2.05) is 31.2 Å². The third-order valence-electron chi connectivity index (χ3n) is 4.31. The van der Waals surface area contributed by atoms with Crippen molar-refractivity contribution in [2.24, 2.45) is 5.92 Å². The molecule has 25 heavy (non-hydrogen) atoms. The lowest BCUT2D eigenvalue weighted by Crippen LogP contribution is -2.37. The first-order valence-corrected chi connectivity index (χ1v) is 8.67. The number of hydrogen-bond acceptors (Lipinski definition) is 6. The molecule has 6 nitrogen and oxygen atoms in total. The normalized spacial score (nSPS) is 15.0. The van der Waals surface area contributed by atoms with Crippen molar-refractivity contribution >= 4 is 11.9 Å². The van der Waals surface area contributed by atoms with E-state index in [0.717, 1.165) is 43.2 Å². The van der Waals surface area contributed by atoms with Crippen LogP contribution in [0.1, 0.15) is 25.3 Å². The highest BCUT2D eigenvalue weighted by molar-refractivity contribution is 5.73. The Balaban J connectivity index is 1.50. The fourth-order valence-corrected chi connectivity index (χ4v) is 2.96. The number of ether oxygens (including phenoxy) is 2. The topological polar surface area (TPSA) is 64.6 Å². The van der Waals surface area contributed by atoms with Crippen LogP contribution >= 0.6 is 0 Å². The van der Waals surface area contributed by atoms with Gasteiger partial charge in [-0.1, -0.05) is 18.2 Å². The monoisotopic (exact) mass is 341 g/mol. The Labute approximate surface area is 147 Å². The molecule has 1 aliphatic heterocycles. The van der Waals surface area contributed by atoms with Gasteiger partial charge in [0, 0.05) is 31.0 Å². The molecule has 1 aromatic carbocycles. The molecule has 0 radical (unpaired) electrons. The van der Waals surface area contributed by atoms with Crippen LogP contribution in [0.15, 0.2) is 42.7 Å². The van der Waals surface area contributed by atoms with Gasteiger partial charge in [-0.2, -0.15) is 0 Å². The molecule has 0 saturated carbocycles. The van der Waals surface area contributed by atoms with Crippen LogP contribution < -0.4 is 9.64 Å². The Morgan fingerprint density at radius 1 is 1.16 bits per heavy atom. The van der Waals surface area contributed by atoms with Gasteiger partial charge in [-0.15, -0.1) is 0 Å². The Morgan fingerprint density at radius 3 is 2.60 bits per heavy atom. The molecule has 132 valence electrons. The summed E-state index contributed by atoms with van der Waals surface area (Å²) in [6, 6.07) is 9.45. The number of nitrogens with zero attached hydrogens (tertiary/aromatic N) is 3. The molecule has 0 N–H and O–H groups in total. The van der Waals surface area contributed by atoms with Crippen molar-refractivity contribution < 1.29 is 14.3 Å². The summed E-state index contributed by atoms with van der Waals surface area (Å²) in [7, 11) is 0. The lowest BCUT2D eigenvalue weighted by molar-refractivity contribution is -0.150. The minimum atomic E-state index is -0.139. The summed E-state index contributed by atoms with van der Waals surface area (Å²) in [6.07, 6.45) is 4.98. The van der Waals surface area contributed by atoms with Gasteiger partial charge in [0.05, 0.1) is 12.5 Å². The molecule has 1 saturated heterocycles. The van der Waals surface area contributed by atoms with Gasteiger partial charge in [-0.05, 0) is 31.9 Å². The smallest absolute Gasteiger partial charge is 0.309 e. The average molecular weight is 341 g/mol. The molecule has 0 spiro atoms. The lowest BCUT2D eigenvalue weighted by Gasteiger charge is -2.30. The van der Waals surface area contributed by atoms with E-state index in [9.17, 15) is 4.79 Å². The number of anilines is 1. The van der Waals surface area contributed by atoms with Crippen molar-refractivity contribution in [3.63, 3.8) is 0 Å². The Bertz CT molecular complexity index is 685. The molecule has 0 aliphatic carbocycles. The summed E-state index contributed by atoms with van der Waals surface area (Å²) < 4.78 is 11.1. The first-order valence-electron chi connectivity index (χ1n) is 8.67. The molecular weight excluding hydrogens is 318 g/mol. The van der Waals surface area contributed by atoms with Crippen molar-refractivity contribution in [1.29, 1.82) is 0 Å². The average Bonchev–Trinajstić information content (AvgIpc) is 2.68. The standard InChI is InChI=1S/C19H23N3O3/c1-2-24-17-7-4-3-6-16(17)14-25-18(23)15-8-12-22(13-9-15)19-20-10-5-11-21-19/h3-7,10-11,15H,2,8-9,12-14H2,1H3. The van der Waals surface area contributed by atoms with Gasteiger partial charge in [0.25, 0.3) is 0 Å². The number of rotatable bonds is 6. The predicted molar refractivity (Wildman–Crippen MR) is 94.4 cm³/mol. The van der Waals surface area contributed by atoms with E-state index >= 15 is 0 Å². The number of carbonyl (C=O) groups excluding carboxylic acids is 1. The van der Waals surface area contributed by atoms with Gasteiger partial charge in [0.15, 0.2) is 0 Å². The minimum absolute atomic E-state index is 0.0702. The third kappa shape index (κ3) is 4.47. The highest BCUT2D eigenvalue weighted by atomic mass is 16.5. The van der Waals surface area contributed by atoms with Crippen LogP contribution in [-0.2, 0) is 16.1 Å². The maximum Gasteiger partial charge on any atom is 0.309 e. The largest absolute Gasteiger partial charge is 0.493 e. The molecule has 2 aromatic rings. The first kappa shape index (κ1) is 17.2. The summed E-state index contributed by atoms with van der Waals surface area (Å²) in [5, 5.41) is 0. The summed E-state index contributed by atoms with van der Waals surface area (Å²) in [5.74, 6) is 1.29. The Kier molecular flexibility index (Phi) is 5.82. The van der Waals surface area contributed by atoms with E-state index in [0.29, 0.717) is 6.61 Å². The molecule has 0 bridgehead atoms. The first-order chi connectivity index (χ1) is 12.3. The van der Waals surface area contributed by atoms with E-state index in [2.05, 4.69) is 14.9 Å². The molecule has 0 unspecified atom stereocenters. The predicted octanol–water partition coefficient (Wildman–Crippen LogP) is 2.84. The Hall–Kier alpha value is -2.63. The van der Waals surface area contributed by atoms with Crippen molar-refractivity contribution in [3.8, 4) is 5.75 Å². The third-order valence-corrected chi connectivity index (χ3v) is 4.31. The number of carbonyl (C=O) groups is 1. The number of piperidine rings is 1. The summed E-state index contributed by atoms with van der Waals surface area (Å²) in [6.45, 7) is 4.30. The zero-order chi connectivity index (χ0) is 17.5. The fraction of sp³-hybridized carbons (Fsp3) is 0.421. The maximum atomic E-state index is 12.4. The zero-order valence-corrected chi connectivity index (χ0v) is 14.4. The molecule has 1 aromatic heterocycles.